The average molecular weight is 402 g/mol. The number of fused-ring (bicyclic) bond motifs is 1. The van der Waals surface area contributed by atoms with Crippen LogP contribution in [0.15, 0.2) is 48.5 Å². The highest BCUT2D eigenvalue weighted by atomic mass is 16.2. The Labute approximate surface area is 176 Å². The normalized spacial score (nSPS) is 15.0. The highest BCUT2D eigenvalue weighted by Crippen LogP contribution is 2.18. The van der Waals surface area contributed by atoms with E-state index in [2.05, 4.69) is 17.6 Å². The molecule has 0 atom stereocenters. The van der Waals surface area contributed by atoms with E-state index < -0.39 is 11.8 Å². The molecule has 0 spiro atoms. The van der Waals surface area contributed by atoms with Gasteiger partial charge in [-0.3, -0.25) is 9.59 Å². The number of aromatic nitrogens is 2. The molecule has 2 amide bonds. The molecule has 1 aliphatic rings. The molecule has 0 saturated carbocycles. The SMILES string of the molecule is CCN1CCN(Cc2ccc(/C=C/c3nc4ccccc4n3CC)cc2)C(=O)C1=O. The average Bonchev–Trinajstić information content (AvgIpc) is 3.14. The summed E-state index contributed by atoms with van der Waals surface area (Å²) in [6.45, 7) is 7.07. The number of amides is 2. The van der Waals surface area contributed by atoms with Crippen LogP contribution in [0.3, 0.4) is 0 Å². The molecule has 0 bridgehead atoms. The summed E-state index contributed by atoms with van der Waals surface area (Å²) in [7, 11) is 0. The number of nitrogens with zero attached hydrogens (tertiary/aromatic N) is 4. The van der Waals surface area contributed by atoms with Gasteiger partial charge < -0.3 is 14.4 Å². The summed E-state index contributed by atoms with van der Waals surface area (Å²) >= 11 is 0. The van der Waals surface area contributed by atoms with Crippen LogP contribution in [-0.4, -0.2) is 50.8 Å². The van der Waals surface area contributed by atoms with Gasteiger partial charge in [0.25, 0.3) is 0 Å². The molecule has 1 fully saturated rings. The van der Waals surface area contributed by atoms with Crippen molar-refractivity contribution < 1.29 is 9.59 Å². The second kappa shape index (κ2) is 8.53. The Kier molecular flexibility index (Phi) is 5.65. The summed E-state index contributed by atoms with van der Waals surface area (Å²) in [5, 5.41) is 0. The van der Waals surface area contributed by atoms with Crippen LogP contribution in [0, 0.1) is 0 Å². The number of benzene rings is 2. The lowest BCUT2D eigenvalue weighted by atomic mass is 10.1. The first-order valence-corrected chi connectivity index (χ1v) is 10.4. The summed E-state index contributed by atoms with van der Waals surface area (Å²) in [6.07, 6.45) is 4.08. The molecule has 1 aliphatic heterocycles. The number of para-hydroxylation sites is 2. The quantitative estimate of drug-likeness (QED) is 0.594. The maximum atomic E-state index is 12.3. The lowest BCUT2D eigenvalue weighted by molar-refractivity contribution is -0.156. The van der Waals surface area contributed by atoms with Crippen LogP contribution in [-0.2, 0) is 22.7 Å². The van der Waals surface area contributed by atoms with Gasteiger partial charge in [0.1, 0.15) is 5.82 Å². The number of imidazole rings is 1. The summed E-state index contributed by atoms with van der Waals surface area (Å²) in [5.74, 6) is 0.119. The van der Waals surface area contributed by atoms with E-state index in [4.69, 9.17) is 4.98 Å². The minimum Gasteiger partial charge on any atom is -0.333 e. The van der Waals surface area contributed by atoms with E-state index in [1.807, 2.05) is 61.5 Å². The summed E-state index contributed by atoms with van der Waals surface area (Å²) < 4.78 is 2.19. The van der Waals surface area contributed by atoms with Crippen molar-refractivity contribution in [1.29, 1.82) is 0 Å². The maximum absolute atomic E-state index is 12.3. The van der Waals surface area contributed by atoms with E-state index in [0.29, 0.717) is 26.2 Å². The summed E-state index contributed by atoms with van der Waals surface area (Å²) in [4.78, 5) is 32.3. The molecule has 6 nitrogen and oxygen atoms in total. The topological polar surface area (TPSA) is 58.4 Å². The first-order valence-electron chi connectivity index (χ1n) is 10.4. The van der Waals surface area contributed by atoms with Crippen LogP contribution in [0.2, 0.25) is 0 Å². The summed E-state index contributed by atoms with van der Waals surface area (Å²) in [5.41, 5.74) is 4.21. The Bertz CT molecular complexity index is 1100. The molecule has 1 aromatic heterocycles. The smallest absolute Gasteiger partial charge is 0.312 e. The van der Waals surface area contributed by atoms with Crippen LogP contribution in [0.5, 0.6) is 0 Å². The van der Waals surface area contributed by atoms with Crippen molar-refractivity contribution in [1.82, 2.24) is 19.4 Å². The molecule has 0 radical (unpaired) electrons. The van der Waals surface area contributed by atoms with Crippen molar-refractivity contribution in [3.8, 4) is 0 Å². The van der Waals surface area contributed by atoms with Gasteiger partial charge in [-0.05, 0) is 43.2 Å². The van der Waals surface area contributed by atoms with Crippen LogP contribution in [0.4, 0.5) is 0 Å². The predicted octanol–water partition coefficient (Wildman–Crippen LogP) is 3.42. The van der Waals surface area contributed by atoms with Crippen molar-refractivity contribution in [3.63, 3.8) is 0 Å². The van der Waals surface area contributed by atoms with Gasteiger partial charge >= 0.3 is 11.8 Å². The Hall–Kier alpha value is -3.41. The largest absolute Gasteiger partial charge is 0.333 e. The number of rotatable bonds is 6. The fraction of sp³-hybridized carbons (Fsp3) is 0.292. The third kappa shape index (κ3) is 3.85. The second-order valence-corrected chi connectivity index (χ2v) is 7.39. The predicted molar refractivity (Wildman–Crippen MR) is 118 cm³/mol. The fourth-order valence-corrected chi connectivity index (χ4v) is 3.85. The monoisotopic (exact) mass is 402 g/mol. The summed E-state index contributed by atoms with van der Waals surface area (Å²) in [6, 6.07) is 16.2. The van der Waals surface area contributed by atoms with Crippen molar-refractivity contribution in [3.05, 3.63) is 65.5 Å². The molecular formula is C24H26N4O2. The third-order valence-corrected chi connectivity index (χ3v) is 5.56. The Morgan fingerprint density at radius 1 is 0.867 bits per heavy atom. The second-order valence-electron chi connectivity index (χ2n) is 7.39. The van der Waals surface area contributed by atoms with Crippen molar-refractivity contribution in [2.45, 2.75) is 26.9 Å². The minimum absolute atomic E-state index is 0.401. The van der Waals surface area contributed by atoms with Gasteiger partial charge in [0.05, 0.1) is 11.0 Å². The van der Waals surface area contributed by atoms with Crippen LogP contribution < -0.4 is 0 Å². The zero-order chi connectivity index (χ0) is 21.1. The molecule has 6 heteroatoms. The minimum atomic E-state index is -0.412. The number of aryl methyl sites for hydroxylation is 1. The molecule has 30 heavy (non-hydrogen) atoms. The zero-order valence-electron chi connectivity index (χ0n) is 17.4. The van der Waals surface area contributed by atoms with Gasteiger partial charge in [-0.2, -0.15) is 0 Å². The molecular weight excluding hydrogens is 376 g/mol. The zero-order valence-corrected chi connectivity index (χ0v) is 17.4. The number of hydrogen-bond acceptors (Lipinski definition) is 3. The van der Waals surface area contributed by atoms with Crippen LogP contribution in [0.1, 0.15) is 30.8 Å². The molecule has 4 rings (SSSR count). The van der Waals surface area contributed by atoms with E-state index in [9.17, 15) is 9.59 Å². The van der Waals surface area contributed by atoms with Gasteiger partial charge in [0.2, 0.25) is 0 Å². The molecule has 0 unspecified atom stereocenters. The molecule has 3 aromatic rings. The van der Waals surface area contributed by atoms with E-state index in [1.54, 1.807) is 9.80 Å². The first kappa shape index (κ1) is 19.9. The molecule has 2 aromatic carbocycles. The van der Waals surface area contributed by atoms with Gasteiger partial charge in [-0.25, -0.2) is 4.98 Å². The van der Waals surface area contributed by atoms with Gasteiger partial charge in [-0.15, -0.1) is 0 Å². The number of carbonyl (C=O) groups excluding carboxylic acids is 2. The van der Waals surface area contributed by atoms with Gasteiger partial charge in [0.15, 0.2) is 0 Å². The van der Waals surface area contributed by atoms with Crippen molar-refractivity contribution >= 4 is 35.0 Å². The number of hydrogen-bond donors (Lipinski definition) is 0. The number of likely N-dealkylation sites (N-methyl/N-ethyl adjacent to an activating group) is 1. The van der Waals surface area contributed by atoms with Gasteiger partial charge in [0, 0.05) is 32.7 Å². The standard InChI is InChI=1S/C24H26N4O2/c1-3-26-15-16-27(24(30)23(26)29)17-19-11-9-18(10-12-19)13-14-22-25-20-7-5-6-8-21(20)28(22)4-2/h5-14H,3-4,15-17H2,1-2H3/b14-13+. The molecule has 2 heterocycles. The highest BCUT2D eigenvalue weighted by molar-refractivity contribution is 6.35. The van der Waals surface area contributed by atoms with Gasteiger partial charge in [-0.1, -0.05) is 42.5 Å². The maximum Gasteiger partial charge on any atom is 0.312 e. The number of carbonyl (C=O) groups is 2. The van der Waals surface area contributed by atoms with Crippen molar-refractivity contribution in [2.75, 3.05) is 19.6 Å². The van der Waals surface area contributed by atoms with E-state index in [0.717, 1.165) is 34.5 Å². The lowest BCUT2D eigenvalue weighted by Crippen LogP contribution is -2.53. The van der Waals surface area contributed by atoms with E-state index in [1.165, 1.54) is 0 Å². The molecule has 154 valence electrons. The lowest BCUT2D eigenvalue weighted by Gasteiger charge is -2.33. The van der Waals surface area contributed by atoms with Crippen LogP contribution >= 0.6 is 0 Å². The first-order chi connectivity index (χ1) is 14.6. The fourth-order valence-electron chi connectivity index (χ4n) is 3.85. The third-order valence-electron chi connectivity index (χ3n) is 5.56. The highest BCUT2D eigenvalue weighted by Gasteiger charge is 2.31. The van der Waals surface area contributed by atoms with Crippen molar-refractivity contribution in [2.24, 2.45) is 0 Å². The van der Waals surface area contributed by atoms with E-state index >= 15 is 0 Å². The molecule has 0 N–H and O–H groups in total. The van der Waals surface area contributed by atoms with Crippen LogP contribution in [0.25, 0.3) is 23.2 Å². The number of piperazine rings is 1. The Morgan fingerprint density at radius 2 is 1.57 bits per heavy atom. The molecule has 0 aliphatic carbocycles. The Balaban J connectivity index is 1.46. The van der Waals surface area contributed by atoms with E-state index in [-0.39, 0.29) is 0 Å². The Morgan fingerprint density at radius 3 is 2.30 bits per heavy atom. The molecule has 1 saturated heterocycles.